The molecule has 5 heteroatoms. The number of rotatable bonds is 2. The number of likely N-dealkylation sites (tertiary alicyclic amines) is 1. The van der Waals surface area contributed by atoms with E-state index in [9.17, 15) is 9.59 Å². The maximum Gasteiger partial charge on any atom is 0.290 e. The molecule has 21 heavy (non-hydrogen) atoms. The quantitative estimate of drug-likeness (QED) is 0.849. The topological polar surface area (TPSA) is 53.8 Å². The third-order valence-electron chi connectivity index (χ3n) is 3.88. The van der Waals surface area contributed by atoms with Gasteiger partial charge in [0.15, 0.2) is 5.76 Å². The van der Waals surface area contributed by atoms with Gasteiger partial charge in [-0.1, -0.05) is 18.2 Å². The summed E-state index contributed by atoms with van der Waals surface area (Å²) in [6.45, 7) is 0.597. The van der Waals surface area contributed by atoms with Crippen LogP contribution in [0.1, 0.15) is 23.4 Å². The van der Waals surface area contributed by atoms with Crippen molar-refractivity contribution < 1.29 is 14.0 Å². The second-order valence-corrected chi connectivity index (χ2v) is 5.54. The van der Waals surface area contributed by atoms with Crippen LogP contribution in [0.15, 0.2) is 34.7 Å². The van der Waals surface area contributed by atoms with Gasteiger partial charge in [0.25, 0.3) is 5.91 Å². The van der Waals surface area contributed by atoms with Gasteiger partial charge in [-0.2, -0.15) is 0 Å². The first-order valence-corrected chi connectivity index (χ1v) is 7.08. The molecule has 0 saturated carbocycles. The van der Waals surface area contributed by atoms with E-state index in [0.717, 1.165) is 11.8 Å². The Morgan fingerprint density at radius 2 is 2.05 bits per heavy atom. The van der Waals surface area contributed by atoms with Gasteiger partial charge in [0.1, 0.15) is 11.6 Å². The van der Waals surface area contributed by atoms with Crippen LogP contribution in [0.2, 0.25) is 0 Å². The molecule has 1 unspecified atom stereocenters. The van der Waals surface area contributed by atoms with Gasteiger partial charge in [-0.25, -0.2) is 0 Å². The van der Waals surface area contributed by atoms with Crippen molar-refractivity contribution in [2.24, 2.45) is 0 Å². The summed E-state index contributed by atoms with van der Waals surface area (Å²) in [5.41, 5.74) is 0.690. The fraction of sp³-hybridized carbons (Fsp3) is 0.375. The van der Waals surface area contributed by atoms with E-state index in [-0.39, 0.29) is 17.9 Å². The van der Waals surface area contributed by atoms with E-state index in [1.807, 2.05) is 24.3 Å². The minimum absolute atomic E-state index is 0.0306. The van der Waals surface area contributed by atoms with E-state index in [0.29, 0.717) is 24.3 Å². The highest BCUT2D eigenvalue weighted by molar-refractivity contribution is 5.98. The van der Waals surface area contributed by atoms with Crippen molar-refractivity contribution in [1.82, 2.24) is 9.80 Å². The standard InChI is InChI=1S/C16H18N2O3/c1-17(2)15(19)12-7-5-9-18(12)16(20)14-10-11-6-3-4-8-13(11)21-14/h3-4,6,8,10,12H,5,7,9H2,1-2H3. The van der Waals surface area contributed by atoms with Crippen LogP contribution < -0.4 is 0 Å². The van der Waals surface area contributed by atoms with Crippen molar-refractivity contribution in [3.8, 4) is 0 Å². The Kier molecular flexibility index (Phi) is 3.41. The normalized spacial score (nSPS) is 18.2. The second kappa shape index (κ2) is 5.24. The Hall–Kier alpha value is -2.30. The molecule has 2 aromatic rings. The van der Waals surface area contributed by atoms with E-state index in [1.165, 1.54) is 4.90 Å². The van der Waals surface area contributed by atoms with E-state index in [1.54, 1.807) is 25.1 Å². The minimum Gasteiger partial charge on any atom is -0.451 e. The molecule has 0 radical (unpaired) electrons. The molecule has 1 saturated heterocycles. The zero-order valence-electron chi connectivity index (χ0n) is 12.2. The molecule has 1 aliphatic rings. The predicted molar refractivity (Wildman–Crippen MR) is 79.0 cm³/mol. The number of hydrogen-bond donors (Lipinski definition) is 0. The van der Waals surface area contributed by atoms with Crippen LogP contribution in [0, 0.1) is 0 Å². The lowest BCUT2D eigenvalue weighted by molar-refractivity contribution is -0.132. The molecule has 1 aliphatic heterocycles. The van der Waals surface area contributed by atoms with E-state index in [4.69, 9.17) is 4.42 Å². The number of benzene rings is 1. The zero-order chi connectivity index (χ0) is 15.0. The zero-order valence-corrected chi connectivity index (χ0v) is 12.2. The first kappa shape index (κ1) is 13.7. The summed E-state index contributed by atoms with van der Waals surface area (Å²) in [5, 5.41) is 0.899. The molecule has 0 spiro atoms. The van der Waals surface area contributed by atoms with Crippen molar-refractivity contribution in [1.29, 1.82) is 0 Å². The first-order valence-electron chi connectivity index (χ1n) is 7.08. The molecule has 1 atom stereocenters. The summed E-state index contributed by atoms with van der Waals surface area (Å²) in [6, 6.07) is 8.88. The number of para-hydroxylation sites is 1. The van der Waals surface area contributed by atoms with E-state index >= 15 is 0 Å². The van der Waals surface area contributed by atoms with Crippen molar-refractivity contribution in [3.05, 3.63) is 36.1 Å². The average Bonchev–Trinajstić information content (AvgIpc) is 3.11. The van der Waals surface area contributed by atoms with Crippen LogP contribution in [-0.4, -0.2) is 48.3 Å². The molecule has 0 N–H and O–H groups in total. The van der Waals surface area contributed by atoms with Crippen LogP contribution in [0.25, 0.3) is 11.0 Å². The summed E-state index contributed by atoms with van der Waals surface area (Å²) in [6.07, 6.45) is 1.55. The smallest absolute Gasteiger partial charge is 0.290 e. The molecular formula is C16H18N2O3. The summed E-state index contributed by atoms with van der Waals surface area (Å²) in [4.78, 5) is 27.9. The van der Waals surface area contributed by atoms with Crippen molar-refractivity contribution in [2.45, 2.75) is 18.9 Å². The average molecular weight is 286 g/mol. The molecule has 2 amide bonds. The maximum absolute atomic E-state index is 12.6. The second-order valence-electron chi connectivity index (χ2n) is 5.54. The Bertz CT molecular complexity index is 657. The van der Waals surface area contributed by atoms with Gasteiger partial charge in [-0.05, 0) is 25.0 Å². The molecule has 0 aliphatic carbocycles. The summed E-state index contributed by atoms with van der Waals surface area (Å²) < 4.78 is 5.61. The number of likely N-dealkylation sites (N-methyl/N-ethyl adjacent to an activating group) is 1. The molecule has 1 aromatic carbocycles. The van der Waals surface area contributed by atoms with Crippen LogP contribution in [0.3, 0.4) is 0 Å². The van der Waals surface area contributed by atoms with Crippen LogP contribution in [0.5, 0.6) is 0 Å². The Morgan fingerprint density at radius 1 is 1.29 bits per heavy atom. The van der Waals surface area contributed by atoms with E-state index < -0.39 is 0 Å². The SMILES string of the molecule is CN(C)C(=O)C1CCCN1C(=O)c1cc2ccccc2o1. The molecule has 2 heterocycles. The fourth-order valence-electron chi connectivity index (χ4n) is 2.79. The summed E-state index contributed by atoms with van der Waals surface area (Å²) >= 11 is 0. The largest absolute Gasteiger partial charge is 0.451 e. The molecule has 110 valence electrons. The Labute approximate surface area is 123 Å². The van der Waals surface area contributed by atoms with Gasteiger partial charge in [0, 0.05) is 26.0 Å². The highest BCUT2D eigenvalue weighted by Crippen LogP contribution is 2.25. The Morgan fingerprint density at radius 3 is 2.76 bits per heavy atom. The van der Waals surface area contributed by atoms with Gasteiger partial charge in [0.2, 0.25) is 5.91 Å². The monoisotopic (exact) mass is 286 g/mol. The fourth-order valence-corrected chi connectivity index (χ4v) is 2.79. The van der Waals surface area contributed by atoms with Gasteiger partial charge in [-0.3, -0.25) is 9.59 Å². The molecule has 1 aromatic heterocycles. The number of nitrogens with zero attached hydrogens (tertiary/aromatic N) is 2. The number of fused-ring (bicyclic) bond motifs is 1. The maximum atomic E-state index is 12.6. The lowest BCUT2D eigenvalue weighted by atomic mass is 10.2. The third-order valence-corrected chi connectivity index (χ3v) is 3.88. The van der Waals surface area contributed by atoms with Crippen molar-refractivity contribution in [2.75, 3.05) is 20.6 Å². The lowest BCUT2D eigenvalue weighted by Gasteiger charge is -2.25. The molecule has 5 nitrogen and oxygen atoms in total. The molecular weight excluding hydrogens is 268 g/mol. The highest BCUT2D eigenvalue weighted by atomic mass is 16.3. The summed E-state index contributed by atoms with van der Waals surface area (Å²) in [7, 11) is 3.43. The number of hydrogen-bond acceptors (Lipinski definition) is 3. The van der Waals surface area contributed by atoms with Crippen molar-refractivity contribution >= 4 is 22.8 Å². The minimum atomic E-state index is -0.374. The number of carbonyl (C=O) groups excluding carboxylic acids is 2. The third kappa shape index (κ3) is 2.39. The Balaban J connectivity index is 1.88. The lowest BCUT2D eigenvalue weighted by Crippen LogP contribution is -2.45. The highest BCUT2D eigenvalue weighted by Gasteiger charge is 2.36. The van der Waals surface area contributed by atoms with E-state index in [2.05, 4.69) is 0 Å². The number of furan rings is 1. The van der Waals surface area contributed by atoms with Crippen LogP contribution in [0.4, 0.5) is 0 Å². The first-order chi connectivity index (χ1) is 10.1. The number of amides is 2. The van der Waals surface area contributed by atoms with Crippen molar-refractivity contribution in [3.63, 3.8) is 0 Å². The van der Waals surface area contributed by atoms with Gasteiger partial charge >= 0.3 is 0 Å². The van der Waals surface area contributed by atoms with Crippen LogP contribution in [-0.2, 0) is 4.79 Å². The van der Waals surface area contributed by atoms with Gasteiger partial charge < -0.3 is 14.2 Å². The van der Waals surface area contributed by atoms with Gasteiger partial charge in [-0.15, -0.1) is 0 Å². The molecule has 0 bridgehead atoms. The number of carbonyl (C=O) groups is 2. The summed E-state index contributed by atoms with van der Waals surface area (Å²) in [5.74, 6) is 0.0653. The predicted octanol–water partition coefficient (Wildman–Crippen LogP) is 2.13. The van der Waals surface area contributed by atoms with Gasteiger partial charge in [0.05, 0.1) is 0 Å². The molecule has 1 fully saturated rings. The molecule has 3 rings (SSSR count). The van der Waals surface area contributed by atoms with Crippen LogP contribution >= 0.6 is 0 Å².